The molecule has 0 spiro atoms. The van der Waals surface area contributed by atoms with Crippen molar-refractivity contribution in [2.45, 2.75) is 33.1 Å². The van der Waals surface area contributed by atoms with Gasteiger partial charge in [0, 0.05) is 0 Å². The third-order valence-electron chi connectivity index (χ3n) is 4.86. The normalized spacial score (nSPS) is 16.4. The summed E-state index contributed by atoms with van der Waals surface area (Å²) < 4.78 is 5.90. The van der Waals surface area contributed by atoms with Crippen LogP contribution in [-0.2, 0) is 6.42 Å². The van der Waals surface area contributed by atoms with E-state index in [-0.39, 0.29) is 0 Å². The molecule has 3 rings (SSSR count). The topological polar surface area (TPSA) is 12.5 Å². The summed E-state index contributed by atoms with van der Waals surface area (Å²) in [6.45, 7) is 8.06. The van der Waals surface area contributed by atoms with Crippen molar-refractivity contribution in [3.05, 3.63) is 59.7 Å². The minimum Gasteiger partial charge on any atom is -0.457 e. The lowest BCUT2D eigenvalue weighted by atomic mass is 9.90. The maximum absolute atomic E-state index is 5.90. The van der Waals surface area contributed by atoms with Crippen molar-refractivity contribution in [2.75, 3.05) is 19.6 Å². The molecule has 0 atom stereocenters. The van der Waals surface area contributed by atoms with Crippen molar-refractivity contribution in [1.29, 1.82) is 0 Å². The number of nitrogens with zero attached hydrogens (tertiary/aromatic N) is 1. The second-order valence-corrected chi connectivity index (χ2v) is 6.64. The van der Waals surface area contributed by atoms with Crippen LogP contribution in [0.2, 0.25) is 0 Å². The van der Waals surface area contributed by atoms with E-state index in [1.165, 1.54) is 50.0 Å². The lowest BCUT2D eigenvalue weighted by Crippen LogP contribution is -2.33. The van der Waals surface area contributed by atoms with Gasteiger partial charge < -0.3 is 9.64 Å². The minimum atomic E-state index is 0.835. The maximum atomic E-state index is 5.90. The number of ether oxygens (including phenoxy) is 1. The molecule has 1 saturated heterocycles. The van der Waals surface area contributed by atoms with Crippen molar-refractivity contribution < 1.29 is 4.74 Å². The SMILES string of the molecule is CCN1CCC(Cc2ccc(Oc3ccc(C)cc3)cc2)CC1. The zero-order valence-electron chi connectivity index (χ0n) is 14.3. The monoisotopic (exact) mass is 309 g/mol. The van der Waals surface area contributed by atoms with Crippen LogP contribution in [-0.4, -0.2) is 24.5 Å². The Morgan fingerprint density at radius 1 is 0.913 bits per heavy atom. The average Bonchev–Trinajstić information content (AvgIpc) is 2.59. The molecule has 2 aromatic carbocycles. The Bertz CT molecular complexity index is 595. The predicted octanol–water partition coefficient (Wildman–Crippen LogP) is 5.06. The van der Waals surface area contributed by atoms with Crippen LogP contribution in [0.3, 0.4) is 0 Å². The molecule has 1 heterocycles. The van der Waals surface area contributed by atoms with Crippen LogP contribution in [0, 0.1) is 12.8 Å². The Labute approximate surface area is 140 Å². The molecule has 23 heavy (non-hydrogen) atoms. The minimum absolute atomic E-state index is 0.835. The fourth-order valence-electron chi connectivity index (χ4n) is 3.28. The Morgan fingerprint density at radius 3 is 2.04 bits per heavy atom. The van der Waals surface area contributed by atoms with E-state index in [0.29, 0.717) is 0 Å². The Hall–Kier alpha value is -1.80. The molecular formula is C21H27NO. The van der Waals surface area contributed by atoms with Gasteiger partial charge >= 0.3 is 0 Å². The number of hydrogen-bond acceptors (Lipinski definition) is 2. The van der Waals surface area contributed by atoms with Gasteiger partial charge in [0.05, 0.1) is 0 Å². The largest absolute Gasteiger partial charge is 0.457 e. The number of likely N-dealkylation sites (tertiary alicyclic amines) is 1. The number of hydrogen-bond donors (Lipinski definition) is 0. The van der Waals surface area contributed by atoms with E-state index in [1.807, 2.05) is 12.1 Å². The third-order valence-corrected chi connectivity index (χ3v) is 4.86. The van der Waals surface area contributed by atoms with Crippen LogP contribution in [0.25, 0.3) is 0 Å². The van der Waals surface area contributed by atoms with E-state index in [9.17, 15) is 0 Å². The first-order valence-electron chi connectivity index (χ1n) is 8.79. The molecule has 0 radical (unpaired) electrons. The van der Waals surface area contributed by atoms with Gasteiger partial charge in [0.25, 0.3) is 0 Å². The first-order chi connectivity index (χ1) is 11.2. The molecular weight excluding hydrogens is 282 g/mol. The summed E-state index contributed by atoms with van der Waals surface area (Å²) >= 11 is 0. The molecule has 2 heteroatoms. The lowest BCUT2D eigenvalue weighted by molar-refractivity contribution is 0.192. The summed E-state index contributed by atoms with van der Waals surface area (Å²) in [4.78, 5) is 2.55. The number of rotatable bonds is 5. The van der Waals surface area contributed by atoms with Crippen LogP contribution in [0.5, 0.6) is 11.5 Å². The molecule has 2 aromatic rings. The molecule has 0 N–H and O–H groups in total. The Morgan fingerprint density at radius 2 is 1.48 bits per heavy atom. The zero-order chi connectivity index (χ0) is 16.1. The van der Waals surface area contributed by atoms with E-state index in [4.69, 9.17) is 4.74 Å². The third kappa shape index (κ3) is 4.59. The van der Waals surface area contributed by atoms with E-state index in [2.05, 4.69) is 55.1 Å². The molecule has 1 fully saturated rings. The first kappa shape index (κ1) is 16.1. The summed E-state index contributed by atoms with van der Waals surface area (Å²) in [5, 5.41) is 0. The van der Waals surface area contributed by atoms with Gasteiger partial charge in [-0.05, 0) is 81.6 Å². The predicted molar refractivity (Wildman–Crippen MR) is 96.2 cm³/mol. The standard InChI is InChI=1S/C21H27NO/c1-3-22-14-12-19(13-15-22)16-18-6-10-21(11-7-18)23-20-8-4-17(2)5-9-20/h4-11,19H,3,12-16H2,1-2H3. The highest BCUT2D eigenvalue weighted by Gasteiger charge is 2.18. The van der Waals surface area contributed by atoms with Crippen LogP contribution < -0.4 is 4.74 Å². The molecule has 2 nitrogen and oxygen atoms in total. The van der Waals surface area contributed by atoms with Crippen LogP contribution in [0.4, 0.5) is 0 Å². The lowest BCUT2D eigenvalue weighted by Gasteiger charge is -2.31. The van der Waals surface area contributed by atoms with E-state index in [1.54, 1.807) is 0 Å². The van der Waals surface area contributed by atoms with Gasteiger partial charge in [-0.2, -0.15) is 0 Å². The Kier molecular flexibility index (Phi) is 5.35. The van der Waals surface area contributed by atoms with Gasteiger partial charge in [0.1, 0.15) is 11.5 Å². The second-order valence-electron chi connectivity index (χ2n) is 6.64. The Balaban J connectivity index is 1.54. The van der Waals surface area contributed by atoms with Gasteiger partial charge in [0.2, 0.25) is 0 Å². The summed E-state index contributed by atoms with van der Waals surface area (Å²) in [5.41, 5.74) is 2.68. The fraction of sp³-hybridized carbons (Fsp3) is 0.429. The van der Waals surface area contributed by atoms with Gasteiger partial charge in [-0.15, -0.1) is 0 Å². The van der Waals surface area contributed by atoms with Crippen molar-refractivity contribution in [3.8, 4) is 11.5 Å². The highest BCUT2D eigenvalue weighted by atomic mass is 16.5. The highest BCUT2D eigenvalue weighted by molar-refractivity contribution is 5.34. The molecule has 0 bridgehead atoms. The van der Waals surface area contributed by atoms with Gasteiger partial charge in [-0.1, -0.05) is 36.8 Å². The van der Waals surface area contributed by atoms with Crippen molar-refractivity contribution in [2.24, 2.45) is 5.92 Å². The summed E-state index contributed by atoms with van der Waals surface area (Å²) in [7, 11) is 0. The van der Waals surface area contributed by atoms with Crippen molar-refractivity contribution >= 4 is 0 Å². The summed E-state index contributed by atoms with van der Waals surface area (Å²) in [6, 6.07) is 16.8. The van der Waals surface area contributed by atoms with E-state index >= 15 is 0 Å². The number of piperidine rings is 1. The first-order valence-corrected chi connectivity index (χ1v) is 8.79. The van der Waals surface area contributed by atoms with Crippen LogP contribution >= 0.6 is 0 Å². The van der Waals surface area contributed by atoms with Gasteiger partial charge in [-0.3, -0.25) is 0 Å². The maximum Gasteiger partial charge on any atom is 0.127 e. The number of aryl methyl sites for hydroxylation is 1. The molecule has 0 unspecified atom stereocenters. The zero-order valence-corrected chi connectivity index (χ0v) is 14.3. The smallest absolute Gasteiger partial charge is 0.127 e. The molecule has 1 aliphatic heterocycles. The molecule has 0 saturated carbocycles. The van der Waals surface area contributed by atoms with Crippen molar-refractivity contribution in [1.82, 2.24) is 4.90 Å². The quantitative estimate of drug-likeness (QED) is 0.765. The van der Waals surface area contributed by atoms with Crippen LogP contribution in [0.15, 0.2) is 48.5 Å². The summed E-state index contributed by atoms with van der Waals surface area (Å²) in [6.07, 6.45) is 3.85. The number of benzene rings is 2. The molecule has 0 aliphatic carbocycles. The average molecular weight is 309 g/mol. The van der Waals surface area contributed by atoms with Gasteiger partial charge in [-0.25, -0.2) is 0 Å². The van der Waals surface area contributed by atoms with E-state index in [0.717, 1.165) is 17.4 Å². The fourth-order valence-corrected chi connectivity index (χ4v) is 3.28. The summed E-state index contributed by atoms with van der Waals surface area (Å²) in [5.74, 6) is 2.65. The highest BCUT2D eigenvalue weighted by Crippen LogP contribution is 2.25. The molecule has 1 aliphatic rings. The molecule has 0 amide bonds. The molecule has 0 aromatic heterocycles. The van der Waals surface area contributed by atoms with E-state index < -0.39 is 0 Å². The van der Waals surface area contributed by atoms with Crippen molar-refractivity contribution in [3.63, 3.8) is 0 Å². The molecule has 122 valence electrons. The second kappa shape index (κ2) is 7.65. The van der Waals surface area contributed by atoms with Crippen LogP contribution in [0.1, 0.15) is 30.9 Å². The van der Waals surface area contributed by atoms with Gasteiger partial charge in [0.15, 0.2) is 0 Å².